The van der Waals surface area contributed by atoms with Gasteiger partial charge >= 0.3 is 5.69 Å². The molecule has 0 saturated heterocycles. The molecule has 1 amide bonds. The Morgan fingerprint density at radius 1 is 1.13 bits per heavy atom. The summed E-state index contributed by atoms with van der Waals surface area (Å²) in [5, 5.41) is 6.82. The van der Waals surface area contributed by atoms with Crippen molar-refractivity contribution in [3.05, 3.63) is 86.2 Å². The standard InChI is InChI=1S/C23H26N4O4/c1-15(2)13-24-21(28)20-22(29)26(14-17-8-5-7-16(3)11-17)23(30)27(25-20)18-9-6-10-19(12-18)31-4/h5-12,15H,13-14H2,1-4H3,(H,24,28). The van der Waals surface area contributed by atoms with Gasteiger partial charge < -0.3 is 10.1 Å². The topological polar surface area (TPSA) is 95.2 Å². The fourth-order valence-electron chi connectivity index (χ4n) is 3.08. The van der Waals surface area contributed by atoms with E-state index in [4.69, 9.17) is 4.74 Å². The Hall–Kier alpha value is -3.68. The fourth-order valence-corrected chi connectivity index (χ4v) is 3.08. The summed E-state index contributed by atoms with van der Waals surface area (Å²) in [4.78, 5) is 39.0. The van der Waals surface area contributed by atoms with Gasteiger partial charge in [-0.1, -0.05) is 49.7 Å². The third-order valence-corrected chi connectivity index (χ3v) is 4.67. The van der Waals surface area contributed by atoms with Crippen molar-refractivity contribution in [3.8, 4) is 11.4 Å². The quantitative estimate of drug-likeness (QED) is 0.630. The molecule has 0 saturated carbocycles. The first-order chi connectivity index (χ1) is 14.8. The van der Waals surface area contributed by atoms with Crippen molar-refractivity contribution in [2.24, 2.45) is 5.92 Å². The highest BCUT2D eigenvalue weighted by molar-refractivity contribution is 5.91. The summed E-state index contributed by atoms with van der Waals surface area (Å²) in [7, 11) is 1.51. The van der Waals surface area contributed by atoms with Crippen LogP contribution in [0.5, 0.6) is 5.75 Å². The van der Waals surface area contributed by atoms with Crippen LogP contribution in [0.3, 0.4) is 0 Å². The van der Waals surface area contributed by atoms with E-state index in [0.29, 0.717) is 18.0 Å². The van der Waals surface area contributed by atoms with Crippen molar-refractivity contribution >= 4 is 5.91 Å². The summed E-state index contributed by atoms with van der Waals surface area (Å²) < 4.78 is 7.32. The number of aromatic nitrogens is 3. The Balaban J connectivity index is 2.18. The molecule has 31 heavy (non-hydrogen) atoms. The van der Waals surface area contributed by atoms with Crippen LogP contribution >= 0.6 is 0 Å². The van der Waals surface area contributed by atoms with Crippen LogP contribution < -0.4 is 21.3 Å². The Morgan fingerprint density at radius 2 is 1.87 bits per heavy atom. The first kappa shape index (κ1) is 22.0. The molecule has 0 aliphatic carbocycles. The van der Waals surface area contributed by atoms with Gasteiger partial charge in [0, 0.05) is 12.6 Å². The monoisotopic (exact) mass is 422 g/mol. The molecule has 3 aromatic rings. The maximum absolute atomic E-state index is 13.2. The molecule has 3 rings (SSSR count). The largest absolute Gasteiger partial charge is 0.497 e. The Kier molecular flexibility index (Phi) is 6.69. The molecule has 0 aliphatic heterocycles. The number of hydrogen-bond acceptors (Lipinski definition) is 5. The lowest BCUT2D eigenvalue weighted by molar-refractivity contribution is 0.0939. The summed E-state index contributed by atoms with van der Waals surface area (Å²) in [6.07, 6.45) is 0. The van der Waals surface area contributed by atoms with E-state index in [1.807, 2.05) is 45.0 Å². The molecular formula is C23H26N4O4. The van der Waals surface area contributed by atoms with Crippen LogP contribution in [-0.4, -0.2) is 33.9 Å². The van der Waals surface area contributed by atoms with Gasteiger partial charge in [-0.2, -0.15) is 9.78 Å². The molecule has 0 fully saturated rings. The predicted octanol–water partition coefficient (Wildman–Crippen LogP) is 2.15. The third kappa shape index (κ3) is 5.09. The Morgan fingerprint density at radius 3 is 2.55 bits per heavy atom. The molecule has 0 radical (unpaired) electrons. The van der Waals surface area contributed by atoms with Gasteiger partial charge in [0.05, 0.1) is 19.3 Å². The summed E-state index contributed by atoms with van der Waals surface area (Å²) in [6.45, 7) is 6.23. The number of amides is 1. The van der Waals surface area contributed by atoms with Crippen LogP contribution in [0.15, 0.2) is 58.1 Å². The van der Waals surface area contributed by atoms with E-state index in [0.717, 1.165) is 20.4 Å². The lowest BCUT2D eigenvalue weighted by Gasteiger charge is -2.13. The van der Waals surface area contributed by atoms with E-state index < -0.39 is 17.2 Å². The number of ether oxygens (including phenoxy) is 1. The zero-order valence-corrected chi connectivity index (χ0v) is 18.1. The molecule has 8 nitrogen and oxygen atoms in total. The minimum Gasteiger partial charge on any atom is -0.497 e. The number of aryl methyl sites for hydroxylation is 1. The van der Waals surface area contributed by atoms with Crippen LogP contribution in [0.25, 0.3) is 5.69 Å². The van der Waals surface area contributed by atoms with Gasteiger partial charge in [0.2, 0.25) is 5.69 Å². The number of methoxy groups -OCH3 is 1. The predicted molar refractivity (Wildman–Crippen MR) is 118 cm³/mol. The van der Waals surface area contributed by atoms with Crippen LogP contribution in [0.2, 0.25) is 0 Å². The van der Waals surface area contributed by atoms with Crippen molar-refractivity contribution in [2.45, 2.75) is 27.3 Å². The lowest BCUT2D eigenvalue weighted by Crippen LogP contribution is -2.46. The molecule has 1 heterocycles. The molecule has 1 aromatic heterocycles. The van der Waals surface area contributed by atoms with Crippen LogP contribution in [0.4, 0.5) is 0 Å². The number of nitrogens with one attached hydrogen (secondary N) is 1. The Labute approximate surface area is 180 Å². The zero-order valence-electron chi connectivity index (χ0n) is 18.1. The smallest absolute Gasteiger partial charge is 0.352 e. The molecule has 0 aliphatic rings. The van der Waals surface area contributed by atoms with Gasteiger partial charge in [0.15, 0.2) is 0 Å². The second-order valence-electron chi connectivity index (χ2n) is 7.73. The number of hydrogen-bond donors (Lipinski definition) is 1. The minimum absolute atomic E-state index is 0.0241. The lowest BCUT2D eigenvalue weighted by atomic mass is 10.1. The number of carbonyl (C=O) groups excluding carboxylic acids is 1. The second-order valence-corrected chi connectivity index (χ2v) is 7.73. The molecular weight excluding hydrogens is 396 g/mol. The van der Waals surface area contributed by atoms with Crippen LogP contribution in [-0.2, 0) is 6.54 Å². The van der Waals surface area contributed by atoms with Crippen molar-refractivity contribution in [1.82, 2.24) is 19.7 Å². The van der Waals surface area contributed by atoms with Crippen molar-refractivity contribution in [2.75, 3.05) is 13.7 Å². The molecule has 0 unspecified atom stereocenters. The van der Waals surface area contributed by atoms with Crippen LogP contribution in [0.1, 0.15) is 35.5 Å². The van der Waals surface area contributed by atoms with Crippen LogP contribution in [0, 0.1) is 12.8 Å². The van der Waals surface area contributed by atoms with Gasteiger partial charge in [0.1, 0.15) is 5.75 Å². The highest BCUT2D eigenvalue weighted by atomic mass is 16.5. The SMILES string of the molecule is COc1cccc(-n2nc(C(=O)NCC(C)C)c(=O)n(Cc3cccc(C)c3)c2=O)c1. The average molecular weight is 422 g/mol. The zero-order chi connectivity index (χ0) is 22.5. The van der Waals surface area contributed by atoms with E-state index >= 15 is 0 Å². The third-order valence-electron chi connectivity index (χ3n) is 4.67. The first-order valence-corrected chi connectivity index (χ1v) is 10.0. The van der Waals surface area contributed by atoms with E-state index in [1.54, 1.807) is 24.3 Å². The number of carbonyl (C=O) groups is 1. The van der Waals surface area contributed by atoms with Gasteiger partial charge in [0.25, 0.3) is 11.5 Å². The number of nitrogens with zero attached hydrogens (tertiary/aromatic N) is 3. The van der Waals surface area contributed by atoms with Crippen molar-refractivity contribution in [3.63, 3.8) is 0 Å². The molecule has 0 atom stereocenters. The Bertz CT molecular complexity index is 1210. The molecule has 1 N–H and O–H groups in total. The molecule has 0 spiro atoms. The second kappa shape index (κ2) is 9.42. The van der Waals surface area contributed by atoms with E-state index in [2.05, 4.69) is 10.4 Å². The van der Waals surface area contributed by atoms with E-state index in [1.165, 1.54) is 7.11 Å². The highest BCUT2D eigenvalue weighted by Gasteiger charge is 2.20. The number of rotatable bonds is 7. The summed E-state index contributed by atoms with van der Waals surface area (Å²) in [6, 6.07) is 14.2. The van der Waals surface area contributed by atoms with E-state index in [-0.39, 0.29) is 18.2 Å². The molecule has 0 bridgehead atoms. The summed E-state index contributed by atoms with van der Waals surface area (Å²) in [5.74, 6) is 0.101. The summed E-state index contributed by atoms with van der Waals surface area (Å²) >= 11 is 0. The maximum atomic E-state index is 13.2. The highest BCUT2D eigenvalue weighted by Crippen LogP contribution is 2.14. The van der Waals surface area contributed by atoms with E-state index in [9.17, 15) is 14.4 Å². The molecule has 2 aromatic carbocycles. The van der Waals surface area contributed by atoms with Crippen molar-refractivity contribution in [1.29, 1.82) is 0 Å². The molecule has 162 valence electrons. The average Bonchev–Trinajstić information content (AvgIpc) is 2.75. The number of benzene rings is 2. The van der Waals surface area contributed by atoms with Crippen molar-refractivity contribution < 1.29 is 9.53 Å². The minimum atomic E-state index is -0.730. The van der Waals surface area contributed by atoms with Gasteiger partial charge in [-0.15, -0.1) is 0 Å². The van der Waals surface area contributed by atoms with Gasteiger partial charge in [-0.25, -0.2) is 4.79 Å². The fraction of sp³-hybridized carbons (Fsp3) is 0.304. The maximum Gasteiger partial charge on any atom is 0.352 e. The van der Waals surface area contributed by atoms with Gasteiger partial charge in [-0.05, 0) is 30.5 Å². The van der Waals surface area contributed by atoms with Gasteiger partial charge in [-0.3, -0.25) is 14.2 Å². The first-order valence-electron chi connectivity index (χ1n) is 10.0. The normalized spacial score (nSPS) is 10.9. The molecule has 8 heteroatoms. The summed E-state index contributed by atoms with van der Waals surface area (Å²) in [5.41, 5.74) is 0.460.